The standard InChI is InChI=1S/C13H12N4/c1-9-6-7-10-11(8-9)17(5)13(16(10)4)12(14-2)15-3/h6-8H,1,4-5H3. The highest BCUT2D eigenvalue weighted by Gasteiger charge is 2.33. The lowest BCUT2D eigenvalue weighted by Crippen LogP contribution is -2.22. The van der Waals surface area contributed by atoms with E-state index < -0.39 is 0 Å². The molecule has 1 aromatic rings. The van der Waals surface area contributed by atoms with Crippen LogP contribution in [0.2, 0.25) is 0 Å². The van der Waals surface area contributed by atoms with E-state index in [9.17, 15) is 0 Å². The van der Waals surface area contributed by atoms with E-state index >= 15 is 0 Å². The van der Waals surface area contributed by atoms with Gasteiger partial charge in [0.05, 0.1) is 11.4 Å². The second kappa shape index (κ2) is 3.84. The van der Waals surface area contributed by atoms with E-state index in [0.29, 0.717) is 5.82 Å². The monoisotopic (exact) mass is 224 g/mol. The minimum absolute atomic E-state index is 0.101. The lowest BCUT2D eigenvalue weighted by atomic mass is 10.2. The molecule has 0 amide bonds. The van der Waals surface area contributed by atoms with E-state index in [0.717, 1.165) is 16.9 Å². The van der Waals surface area contributed by atoms with Gasteiger partial charge in [-0.2, -0.15) is 9.69 Å². The molecule has 1 aliphatic rings. The number of aryl methyl sites for hydroxylation is 1. The molecule has 0 saturated carbocycles. The van der Waals surface area contributed by atoms with E-state index in [-0.39, 0.29) is 5.82 Å². The molecule has 0 radical (unpaired) electrons. The smallest absolute Gasteiger partial charge is 0.332 e. The van der Waals surface area contributed by atoms with Gasteiger partial charge in [0.25, 0.3) is 0 Å². The molecule has 1 heterocycles. The van der Waals surface area contributed by atoms with Crippen LogP contribution in [-0.4, -0.2) is 14.1 Å². The third-order valence-corrected chi connectivity index (χ3v) is 2.90. The molecule has 4 nitrogen and oxygen atoms in total. The normalized spacial score (nSPS) is 13.1. The van der Waals surface area contributed by atoms with Crippen LogP contribution in [0.3, 0.4) is 0 Å². The average Bonchev–Trinajstić information content (AvgIpc) is 2.56. The predicted octanol–water partition coefficient (Wildman–Crippen LogP) is 2.85. The average molecular weight is 224 g/mol. The lowest BCUT2D eigenvalue weighted by Gasteiger charge is -2.15. The maximum absolute atomic E-state index is 7.05. The van der Waals surface area contributed by atoms with Crippen LogP contribution in [-0.2, 0) is 0 Å². The first-order valence-electron chi connectivity index (χ1n) is 5.17. The van der Waals surface area contributed by atoms with Crippen molar-refractivity contribution in [3.05, 3.63) is 58.2 Å². The highest BCUT2D eigenvalue weighted by Crippen LogP contribution is 2.41. The van der Waals surface area contributed by atoms with E-state index in [4.69, 9.17) is 13.1 Å². The summed E-state index contributed by atoms with van der Waals surface area (Å²) in [6.45, 7) is 16.1. The highest BCUT2D eigenvalue weighted by atomic mass is 15.4. The van der Waals surface area contributed by atoms with Crippen LogP contribution in [0.15, 0.2) is 29.8 Å². The Hall–Kier alpha value is -2.46. The van der Waals surface area contributed by atoms with E-state index in [1.165, 1.54) is 0 Å². The molecule has 0 saturated heterocycles. The molecule has 1 aromatic carbocycles. The second-order valence-electron chi connectivity index (χ2n) is 3.98. The third-order valence-electron chi connectivity index (χ3n) is 2.90. The van der Waals surface area contributed by atoms with Gasteiger partial charge in [-0.25, -0.2) is 0 Å². The van der Waals surface area contributed by atoms with E-state index in [1.807, 2.05) is 43.0 Å². The number of nitrogens with zero attached hydrogens (tertiary/aromatic N) is 4. The molecule has 17 heavy (non-hydrogen) atoms. The van der Waals surface area contributed by atoms with Crippen LogP contribution in [0.4, 0.5) is 11.4 Å². The zero-order valence-corrected chi connectivity index (χ0v) is 10.0. The fourth-order valence-corrected chi connectivity index (χ4v) is 2.06. The number of hydrogen-bond acceptors (Lipinski definition) is 2. The Morgan fingerprint density at radius 1 is 1.06 bits per heavy atom. The number of fused-ring (bicyclic) bond motifs is 1. The quantitative estimate of drug-likeness (QED) is 0.629. The topological polar surface area (TPSA) is 15.2 Å². The van der Waals surface area contributed by atoms with Crippen molar-refractivity contribution < 1.29 is 0 Å². The van der Waals surface area contributed by atoms with Gasteiger partial charge in [0.2, 0.25) is 5.82 Å². The Kier molecular flexibility index (Phi) is 2.49. The molecule has 0 bridgehead atoms. The molecule has 0 aliphatic carbocycles. The molecule has 0 unspecified atom stereocenters. The second-order valence-corrected chi connectivity index (χ2v) is 3.98. The highest BCUT2D eigenvalue weighted by molar-refractivity contribution is 5.83. The van der Waals surface area contributed by atoms with Gasteiger partial charge in [-0.05, 0) is 24.6 Å². The molecule has 0 atom stereocenters. The molecular weight excluding hydrogens is 212 g/mol. The van der Waals surface area contributed by atoms with Gasteiger partial charge in [-0.1, -0.05) is 6.07 Å². The SMILES string of the molecule is [C-]#[N+]C([N+]#[C-])=C1N(C)c2ccc(C)cc2N1C. The number of hydrogen-bond donors (Lipinski definition) is 0. The van der Waals surface area contributed by atoms with Crippen LogP contribution in [0.1, 0.15) is 5.56 Å². The molecule has 84 valence electrons. The maximum Gasteiger partial charge on any atom is 0.560 e. The van der Waals surface area contributed by atoms with Crippen LogP contribution >= 0.6 is 0 Å². The summed E-state index contributed by atoms with van der Waals surface area (Å²) >= 11 is 0. The van der Waals surface area contributed by atoms with Crippen LogP contribution in [0, 0.1) is 20.1 Å². The van der Waals surface area contributed by atoms with Crippen molar-refractivity contribution in [3.8, 4) is 0 Å². The van der Waals surface area contributed by atoms with Crippen LogP contribution in [0.25, 0.3) is 9.69 Å². The molecular formula is C13H12N4. The Morgan fingerprint density at radius 3 is 2.24 bits per heavy atom. The van der Waals surface area contributed by atoms with Crippen molar-refractivity contribution in [2.75, 3.05) is 23.9 Å². The fourth-order valence-electron chi connectivity index (χ4n) is 2.06. The van der Waals surface area contributed by atoms with Gasteiger partial charge in [-0.3, -0.25) is 0 Å². The zero-order valence-electron chi connectivity index (χ0n) is 10.0. The molecule has 2 rings (SSSR count). The number of anilines is 2. The van der Waals surface area contributed by atoms with E-state index in [1.54, 1.807) is 0 Å². The summed E-state index contributed by atoms with van der Waals surface area (Å²) in [6.07, 6.45) is 0. The van der Waals surface area contributed by atoms with Crippen molar-refractivity contribution >= 4 is 11.4 Å². The van der Waals surface area contributed by atoms with Crippen molar-refractivity contribution in [2.24, 2.45) is 0 Å². The maximum atomic E-state index is 7.05. The van der Waals surface area contributed by atoms with Crippen molar-refractivity contribution in [1.29, 1.82) is 0 Å². The van der Waals surface area contributed by atoms with Gasteiger partial charge in [0, 0.05) is 14.1 Å². The molecule has 0 aromatic heterocycles. The molecule has 4 heteroatoms. The molecule has 0 fully saturated rings. The van der Waals surface area contributed by atoms with Crippen LogP contribution in [0.5, 0.6) is 0 Å². The minimum Gasteiger partial charge on any atom is -0.332 e. The Balaban J connectivity index is 2.66. The van der Waals surface area contributed by atoms with Gasteiger partial charge in [-0.15, -0.1) is 0 Å². The summed E-state index contributed by atoms with van der Waals surface area (Å²) in [6, 6.07) is 6.10. The molecule has 0 N–H and O–H groups in total. The largest absolute Gasteiger partial charge is 0.560 e. The predicted molar refractivity (Wildman–Crippen MR) is 68.2 cm³/mol. The summed E-state index contributed by atoms with van der Waals surface area (Å²) < 4.78 is 0. The summed E-state index contributed by atoms with van der Waals surface area (Å²) in [7, 11) is 3.76. The Morgan fingerprint density at radius 2 is 1.65 bits per heavy atom. The lowest BCUT2D eigenvalue weighted by molar-refractivity contribution is 1.03. The summed E-state index contributed by atoms with van der Waals surface area (Å²) in [4.78, 5) is 10.4. The van der Waals surface area contributed by atoms with Gasteiger partial charge >= 0.3 is 5.82 Å². The van der Waals surface area contributed by atoms with Gasteiger partial charge in [0.15, 0.2) is 0 Å². The zero-order chi connectivity index (χ0) is 12.6. The summed E-state index contributed by atoms with van der Waals surface area (Å²) in [5.74, 6) is 0.749. The summed E-state index contributed by atoms with van der Waals surface area (Å²) in [5, 5.41) is 0. The first kappa shape index (κ1) is 11.0. The first-order valence-corrected chi connectivity index (χ1v) is 5.17. The molecule has 1 aliphatic heterocycles. The Labute approximate surface area is 101 Å². The van der Waals surface area contributed by atoms with Crippen molar-refractivity contribution in [1.82, 2.24) is 0 Å². The van der Waals surface area contributed by atoms with Crippen LogP contribution < -0.4 is 9.80 Å². The first-order chi connectivity index (χ1) is 8.10. The minimum atomic E-state index is 0.101. The Bertz CT molecular complexity index is 570. The van der Waals surface area contributed by atoms with Crippen molar-refractivity contribution in [2.45, 2.75) is 6.92 Å². The fraction of sp³-hybridized carbons (Fsp3) is 0.231. The third kappa shape index (κ3) is 1.51. The summed E-state index contributed by atoms with van der Waals surface area (Å²) in [5.41, 5.74) is 3.22. The van der Waals surface area contributed by atoms with Crippen molar-refractivity contribution in [3.63, 3.8) is 0 Å². The number of benzene rings is 1. The number of rotatable bonds is 0. The molecule has 0 spiro atoms. The van der Waals surface area contributed by atoms with Gasteiger partial charge in [0.1, 0.15) is 13.1 Å². The van der Waals surface area contributed by atoms with E-state index in [2.05, 4.69) is 15.8 Å². The van der Waals surface area contributed by atoms with Gasteiger partial charge < -0.3 is 9.80 Å².